The average molecular weight is 345 g/mol. The monoisotopic (exact) mass is 345 g/mol. The minimum Gasteiger partial charge on any atom is -0.300 e. The lowest BCUT2D eigenvalue weighted by molar-refractivity contribution is -0.120. The van der Waals surface area contributed by atoms with Crippen LogP contribution >= 0.6 is 11.3 Å². The van der Waals surface area contributed by atoms with Crippen LogP contribution in [0.3, 0.4) is 0 Å². The first-order valence-corrected chi connectivity index (χ1v) is 9.41. The second-order valence-corrected chi connectivity index (χ2v) is 7.35. The van der Waals surface area contributed by atoms with Crippen LogP contribution in [0.2, 0.25) is 0 Å². The second-order valence-electron chi connectivity index (χ2n) is 6.46. The number of nitrogens with one attached hydrogen (secondary N) is 1. The van der Waals surface area contributed by atoms with Gasteiger partial charge in [-0.05, 0) is 25.3 Å². The molecule has 3 rings (SSSR count). The number of aromatic nitrogens is 2. The third-order valence-electron chi connectivity index (χ3n) is 4.75. The Hall–Kier alpha value is -1.95. The first-order valence-electron chi connectivity index (χ1n) is 8.53. The first kappa shape index (κ1) is 16.9. The predicted molar refractivity (Wildman–Crippen MR) is 96.4 cm³/mol. The summed E-state index contributed by atoms with van der Waals surface area (Å²) in [6, 6.07) is 4.67. The molecule has 0 saturated heterocycles. The lowest BCUT2D eigenvalue weighted by atomic mass is 9.84. The number of aryl methyl sites for hydroxylation is 1. The van der Waals surface area contributed by atoms with Crippen LogP contribution < -0.4 is 10.9 Å². The molecule has 1 fully saturated rings. The number of hydrogen-bond acceptors (Lipinski definition) is 4. The summed E-state index contributed by atoms with van der Waals surface area (Å²) in [4.78, 5) is 29.4. The highest BCUT2D eigenvalue weighted by Crippen LogP contribution is 2.31. The Balaban J connectivity index is 1.87. The SMILES string of the molecule is Cc1cccc(=O)n1C(CC1CCCCC1)C(=O)Nc1nccs1. The van der Waals surface area contributed by atoms with E-state index in [0.717, 1.165) is 18.5 Å². The summed E-state index contributed by atoms with van der Waals surface area (Å²) in [6.45, 7) is 1.88. The fraction of sp³-hybridized carbons (Fsp3) is 0.500. The number of rotatable bonds is 5. The Labute approximate surface area is 145 Å². The van der Waals surface area contributed by atoms with Gasteiger partial charge in [0.1, 0.15) is 6.04 Å². The Morgan fingerprint density at radius 1 is 1.38 bits per heavy atom. The lowest BCUT2D eigenvalue weighted by Crippen LogP contribution is -2.35. The van der Waals surface area contributed by atoms with Crippen molar-refractivity contribution in [1.29, 1.82) is 0 Å². The zero-order valence-corrected chi connectivity index (χ0v) is 14.7. The number of anilines is 1. The average Bonchev–Trinajstić information content (AvgIpc) is 3.07. The highest BCUT2D eigenvalue weighted by atomic mass is 32.1. The summed E-state index contributed by atoms with van der Waals surface area (Å²) in [5, 5.41) is 5.28. The molecule has 128 valence electrons. The van der Waals surface area contributed by atoms with Crippen molar-refractivity contribution in [2.24, 2.45) is 5.92 Å². The summed E-state index contributed by atoms with van der Waals surface area (Å²) < 4.78 is 1.64. The molecule has 1 aliphatic rings. The van der Waals surface area contributed by atoms with Crippen LogP contribution in [0.25, 0.3) is 0 Å². The zero-order valence-electron chi connectivity index (χ0n) is 13.9. The number of thiazole rings is 1. The fourth-order valence-electron chi connectivity index (χ4n) is 3.55. The summed E-state index contributed by atoms with van der Waals surface area (Å²) in [5.74, 6) is 0.351. The standard InChI is InChI=1S/C18H23N3O2S/c1-13-6-5-9-16(22)21(13)15(12-14-7-3-2-4-8-14)17(23)20-18-19-10-11-24-18/h5-6,9-11,14-15H,2-4,7-8,12H2,1H3,(H,19,20,23). The molecule has 1 saturated carbocycles. The number of carbonyl (C=O) groups is 1. The molecule has 1 unspecified atom stereocenters. The topological polar surface area (TPSA) is 64.0 Å². The van der Waals surface area contributed by atoms with Gasteiger partial charge in [-0.25, -0.2) is 4.98 Å². The van der Waals surface area contributed by atoms with Crippen LogP contribution in [0.4, 0.5) is 5.13 Å². The molecule has 0 spiro atoms. The van der Waals surface area contributed by atoms with Crippen molar-refractivity contribution in [3.8, 4) is 0 Å². The van der Waals surface area contributed by atoms with E-state index in [1.807, 2.05) is 18.4 Å². The molecule has 1 N–H and O–H groups in total. The van der Waals surface area contributed by atoms with Gasteiger partial charge in [0.25, 0.3) is 5.56 Å². The summed E-state index contributed by atoms with van der Waals surface area (Å²) in [6.07, 6.45) is 8.36. The largest absolute Gasteiger partial charge is 0.300 e. The quantitative estimate of drug-likeness (QED) is 0.897. The number of amides is 1. The molecule has 1 atom stereocenters. The summed E-state index contributed by atoms with van der Waals surface area (Å²) in [5.41, 5.74) is 0.697. The van der Waals surface area contributed by atoms with Crippen molar-refractivity contribution in [3.63, 3.8) is 0 Å². The van der Waals surface area contributed by atoms with Crippen molar-refractivity contribution in [2.75, 3.05) is 5.32 Å². The van der Waals surface area contributed by atoms with Gasteiger partial charge in [-0.2, -0.15) is 0 Å². The van der Waals surface area contributed by atoms with Gasteiger partial charge in [0.2, 0.25) is 5.91 Å². The molecule has 2 aromatic rings. The van der Waals surface area contributed by atoms with Crippen LogP contribution in [0, 0.1) is 12.8 Å². The van der Waals surface area contributed by atoms with Crippen LogP contribution in [-0.2, 0) is 4.79 Å². The molecule has 0 bridgehead atoms. The van der Waals surface area contributed by atoms with Crippen molar-refractivity contribution in [3.05, 3.63) is 45.8 Å². The first-order chi connectivity index (χ1) is 11.6. The van der Waals surface area contributed by atoms with Crippen molar-refractivity contribution in [1.82, 2.24) is 9.55 Å². The van der Waals surface area contributed by atoms with Gasteiger partial charge in [0.15, 0.2) is 5.13 Å². The van der Waals surface area contributed by atoms with E-state index in [9.17, 15) is 9.59 Å². The molecule has 0 aromatic carbocycles. The van der Waals surface area contributed by atoms with E-state index in [0.29, 0.717) is 17.5 Å². The third-order valence-corrected chi connectivity index (χ3v) is 5.44. The van der Waals surface area contributed by atoms with E-state index in [-0.39, 0.29) is 11.5 Å². The number of nitrogens with zero attached hydrogens (tertiary/aromatic N) is 2. The molecule has 1 aliphatic carbocycles. The number of pyridine rings is 1. The molecule has 24 heavy (non-hydrogen) atoms. The van der Waals surface area contributed by atoms with Gasteiger partial charge in [-0.15, -0.1) is 11.3 Å². The van der Waals surface area contributed by atoms with E-state index in [1.54, 1.807) is 16.8 Å². The Kier molecular flexibility index (Phi) is 5.45. The van der Waals surface area contributed by atoms with Gasteiger partial charge in [0.05, 0.1) is 0 Å². The van der Waals surface area contributed by atoms with Gasteiger partial charge in [0, 0.05) is 23.3 Å². The number of hydrogen-bond donors (Lipinski definition) is 1. The molecule has 0 radical (unpaired) electrons. The van der Waals surface area contributed by atoms with E-state index in [1.165, 1.54) is 36.7 Å². The minimum atomic E-state index is -0.481. The Bertz CT molecular complexity index is 733. The van der Waals surface area contributed by atoms with E-state index < -0.39 is 6.04 Å². The van der Waals surface area contributed by atoms with Crippen molar-refractivity contribution < 1.29 is 4.79 Å². The molecular formula is C18H23N3O2S. The maximum atomic E-state index is 12.9. The number of carbonyl (C=O) groups excluding carboxylic acids is 1. The van der Waals surface area contributed by atoms with Gasteiger partial charge in [-0.1, -0.05) is 38.2 Å². The van der Waals surface area contributed by atoms with Crippen molar-refractivity contribution in [2.45, 2.75) is 51.5 Å². The maximum absolute atomic E-state index is 12.9. The molecular weight excluding hydrogens is 322 g/mol. The fourth-order valence-corrected chi connectivity index (χ4v) is 4.08. The predicted octanol–water partition coefficient (Wildman–Crippen LogP) is 3.76. The third kappa shape index (κ3) is 3.93. The molecule has 6 heteroatoms. The van der Waals surface area contributed by atoms with Crippen LogP contribution in [0.5, 0.6) is 0 Å². The van der Waals surface area contributed by atoms with Crippen LogP contribution in [0.1, 0.15) is 50.3 Å². The minimum absolute atomic E-state index is 0.120. The molecule has 1 amide bonds. The van der Waals surface area contributed by atoms with Crippen LogP contribution in [-0.4, -0.2) is 15.5 Å². The molecule has 5 nitrogen and oxygen atoms in total. The van der Waals surface area contributed by atoms with E-state index >= 15 is 0 Å². The maximum Gasteiger partial charge on any atom is 0.251 e. The highest BCUT2D eigenvalue weighted by molar-refractivity contribution is 7.13. The zero-order chi connectivity index (χ0) is 16.9. The second kappa shape index (κ2) is 7.75. The van der Waals surface area contributed by atoms with E-state index in [4.69, 9.17) is 0 Å². The van der Waals surface area contributed by atoms with E-state index in [2.05, 4.69) is 10.3 Å². The van der Waals surface area contributed by atoms with Crippen LogP contribution in [0.15, 0.2) is 34.6 Å². The summed E-state index contributed by atoms with van der Waals surface area (Å²) >= 11 is 1.39. The smallest absolute Gasteiger partial charge is 0.251 e. The van der Waals surface area contributed by atoms with Gasteiger partial charge >= 0.3 is 0 Å². The Morgan fingerprint density at radius 3 is 2.83 bits per heavy atom. The summed E-state index contributed by atoms with van der Waals surface area (Å²) in [7, 11) is 0. The lowest BCUT2D eigenvalue weighted by Gasteiger charge is -2.28. The van der Waals surface area contributed by atoms with Gasteiger partial charge in [-0.3, -0.25) is 9.59 Å². The molecule has 2 aromatic heterocycles. The normalized spacial score (nSPS) is 16.7. The molecule has 0 aliphatic heterocycles. The highest BCUT2D eigenvalue weighted by Gasteiger charge is 2.27. The molecule has 2 heterocycles. The Morgan fingerprint density at radius 2 is 2.17 bits per heavy atom. The van der Waals surface area contributed by atoms with Gasteiger partial charge < -0.3 is 9.88 Å². The van der Waals surface area contributed by atoms with Crippen molar-refractivity contribution >= 4 is 22.4 Å².